The molecule has 0 bridgehead atoms. The topological polar surface area (TPSA) is 89.6 Å². The molecule has 0 radical (unpaired) electrons. The highest BCUT2D eigenvalue weighted by atomic mass is 32.2. The average Bonchev–Trinajstić information content (AvgIpc) is 2.77. The lowest BCUT2D eigenvalue weighted by molar-refractivity contribution is 0.341. The molecule has 1 aliphatic rings. The first kappa shape index (κ1) is 14.6. The number of rotatable bonds is 4. The van der Waals surface area contributed by atoms with Crippen molar-refractivity contribution < 1.29 is 18.3 Å². The lowest BCUT2D eigenvalue weighted by Crippen LogP contribution is -2.02. The maximum atomic E-state index is 12.2. The average molecular weight is 317 g/mol. The van der Waals surface area contributed by atoms with E-state index in [-0.39, 0.29) is 23.8 Å². The second-order valence-corrected chi connectivity index (χ2v) is 6.74. The summed E-state index contributed by atoms with van der Waals surface area (Å²) in [5, 5.41) is 10.9. The highest BCUT2D eigenvalue weighted by molar-refractivity contribution is 7.95. The van der Waals surface area contributed by atoms with Crippen LogP contribution in [-0.4, -0.2) is 20.1 Å². The van der Waals surface area contributed by atoms with Crippen LogP contribution in [0.2, 0.25) is 0 Å². The Morgan fingerprint density at radius 2 is 1.91 bits per heavy atom. The minimum Gasteiger partial charge on any atom is -0.504 e. The van der Waals surface area contributed by atoms with Crippen LogP contribution in [0.4, 0.5) is 0 Å². The van der Waals surface area contributed by atoms with Gasteiger partial charge >= 0.3 is 0 Å². The zero-order valence-electron chi connectivity index (χ0n) is 11.7. The van der Waals surface area contributed by atoms with Crippen LogP contribution in [0.5, 0.6) is 11.5 Å². The van der Waals surface area contributed by atoms with Crippen LogP contribution in [-0.2, 0) is 16.4 Å². The Balaban J connectivity index is 1.90. The molecule has 0 saturated carbocycles. The maximum absolute atomic E-state index is 12.2. The normalized spacial score (nSPS) is 15.2. The summed E-state index contributed by atoms with van der Waals surface area (Å²) >= 11 is 0. The second kappa shape index (κ2) is 5.47. The third-order valence-electron chi connectivity index (χ3n) is 3.48. The molecule has 0 atom stereocenters. The summed E-state index contributed by atoms with van der Waals surface area (Å²) in [6.07, 6.45) is 0. The number of benzene rings is 2. The Hall–Kier alpha value is -2.31. The van der Waals surface area contributed by atoms with Gasteiger partial charge in [0.2, 0.25) is 9.84 Å². The van der Waals surface area contributed by atoms with E-state index in [1.54, 1.807) is 36.4 Å². The number of hydrogen-bond acceptors (Lipinski definition) is 5. The number of hydrogen-bond donors (Lipinski definition) is 2. The minimum atomic E-state index is -3.46. The molecule has 0 amide bonds. The van der Waals surface area contributed by atoms with E-state index in [1.807, 2.05) is 0 Å². The van der Waals surface area contributed by atoms with Crippen molar-refractivity contribution >= 4 is 15.4 Å². The van der Waals surface area contributed by atoms with Crippen molar-refractivity contribution in [2.75, 3.05) is 6.61 Å². The number of sulfone groups is 1. The van der Waals surface area contributed by atoms with E-state index in [0.29, 0.717) is 16.9 Å². The van der Waals surface area contributed by atoms with Crippen LogP contribution in [0.15, 0.2) is 52.8 Å². The van der Waals surface area contributed by atoms with Gasteiger partial charge in [0.1, 0.15) is 6.61 Å². The van der Waals surface area contributed by atoms with Crippen molar-refractivity contribution in [1.29, 1.82) is 0 Å². The van der Waals surface area contributed by atoms with Gasteiger partial charge in [-0.15, -0.1) is 0 Å². The molecule has 2 aromatic rings. The number of nitrogens with two attached hydrogens (primary N) is 1. The second-order valence-electron chi connectivity index (χ2n) is 4.98. The molecule has 2 aromatic carbocycles. The van der Waals surface area contributed by atoms with Crippen molar-refractivity contribution in [3.8, 4) is 11.5 Å². The van der Waals surface area contributed by atoms with E-state index in [2.05, 4.69) is 0 Å². The number of phenols is 1. The maximum Gasteiger partial charge on any atom is 0.200 e. The highest BCUT2D eigenvalue weighted by Gasteiger charge is 2.27. The SMILES string of the molecule is NCc1ccc2c(c1)S(=O)(=O)C=C2COc1ccccc1O. The van der Waals surface area contributed by atoms with Gasteiger partial charge in [-0.25, -0.2) is 8.42 Å². The molecule has 1 heterocycles. The lowest BCUT2D eigenvalue weighted by Gasteiger charge is -2.09. The van der Waals surface area contributed by atoms with Crippen LogP contribution < -0.4 is 10.5 Å². The van der Waals surface area contributed by atoms with Gasteiger partial charge in [-0.3, -0.25) is 0 Å². The summed E-state index contributed by atoms with van der Waals surface area (Å²) in [6.45, 7) is 0.346. The zero-order valence-corrected chi connectivity index (χ0v) is 12.5. The van der Waals surface area contributed by atoms with Crippen LogP contribution in [0.3, 0.4) is 0 Å². The summed E-state index contributed by atoms with van der Waals surface area (Å²) in [5.74, 6) is 0.329. The van der Waals surface area contributed by atoms with Crippen LogP contribution >= 0.6 is 0 Å². The molecule has 0 spiro atoms. The molecule has 5 nitrogen and oxygen atoms in total. The first-order valence-electron chi connectivity index (χ1n) is 6.71. The van der Waals surface area contributed by atoms with Crippen molar-refractivity contribution in [2.24, 2.45) is 5.73 Å². The number of phenolic OH excluding ortho intramolecular Hbond substituents is 1. The fraction of sp³-hybridized carbons (Fsp3) is 0.125. The first-order chi connectivity index (χ1) is 10.5. The number of ether oxygens (including phenoxy) is 1. The molecular formula is C16H15NO4S. The Morgan fingerprint density at radius 3 is 2.64 bits per heavy atom. The van der Waals surface area contributed by atoms with Gasteiger partial charge in [0.05, 0.1) is 4.90 Å². The van der Waals surface area contributed by atoms with Gasteiger partial charge < -0.3 is 15.6 Å². The molecule has 0 aromatic heterocycles. The summed E-state index contributed by atoms with van der Waals surface area (Å²) in [4.78, 5) is 0.256. The first-order valence-corrected chi connectivity index (χ1v) is 8.26. The Labute approximate surface area is 128 Å². The van der Waals surface area contributed by atoms with Gasteiger partial charge in [-0.05, 0) is 23.8 Å². The monoisotopic (exact) mass is 317 g/mol. The molecule has 3 rings (SSSR count). The van der Waals surface area contributed by atoms with Gasteiger partial charge in [-0.2, -0.15) is 0 Å². The molecule has 0 fully saturated rings. The Morgan fingerprint density at radius 1 is 1.14 bits per heavy atom. The molecular weight excluding hydrogens is 302 g/mol. The molecule has 0 aliphatic carbocycles. The molecule has 114 valence electrons. The van der Waals surface area contributed by atoms with Crippen molar-refractivity contribution in [1.82, 2.24) is 0 Å². The summed E-state index contributed by atoms with van der Waals surface area (Å²) in [6, 6.07) is 11.7. The van der Waals surface area contributed by atoms with Crippen LogP contribution in [0.25, 0.3) is 5.57 Å². The number of fused-ring (bicyclic) bond motifs is 1. The third-order valence-corrected chi connectivity index (χ3v) is 5.03. The van der Waals surface area contributed by atoms with Crippen molar-refractivity contribution in [3.05, 3.63) is 59.0 Å². The van der Waals surface area contributed by atoms with Crippen molar-refractivity contribution in [2.45, 2.75) is 11.4 Å². The van der Waals surface area contributed by atoms with E-state index in [4.69, 9.17) is 10.5 Å². The predicted molar refractivity (Wildman–Crippen MR) is 83.1 cm³/mol. The highest BCUT2D eigenvalue weighted by Crippen LogP contribution is 2.35. The third kappa shape index (κ3) is 2.58. The zero-order chi connectivity index (χ0) is 15.7. The fourth-order valence-corrected chi connectivity index (χ4v) is 3.87. The van der Waals surface area contributed by atoms with Crippen LogP contribution in [0.1, 0.15) is 11.1 Å². The van der Waals surface area contributed by atoms with E-state index in [9.17, 15) is 13.5 Å². The van der Waals surface area contributed by atoms with Crippen LogP contribution in [0, 0.1) is 0 Å². The van der Waals surface area contributed by atoms with Gasteiger partial charge in [0.25, 0.3) is 0 Å². The molecule has 6 heteroatoms. The molecule has 3 N–H and O–H groups in total. The number of aromatic hydroxyl groups is 1. The van der Waals surface area contributed by atoms with E-state index in [0.717, 1.165) is 5.56 Å². The van der Waals surface area contributed by atoms with E-state index < -0.39 is 9.84 Å². The lowest BCUT2D eigenvalue weighted by atomic mass is 10.1. The molecule has 22 heavy (non-hydrogen) atoms. The number of para-hydroxylation sites is 2. The quantitative estimate of drug-likeness (QED) is 0.901. The molecule has 1 aliphatic heterocycles. The molecule has 0 saturated heterocycles. The fourth-order valence-electron chi connectivity index (χ4n) is 2.36. The van der Waals surface area contributed by atoms with E-state index in [1.165, 1.54) is 11.5 Å². The van der Waals surface area contributed by atoms with Crippen molar-refractivity contribution in [3.63, 3.8) is 0 Å². The standard InChI is InChI=1S/C16H15NO4S/c17-8-11-5-6-13-12(10-22(19,20)16(13)7-11)9-21-15-4-2-1-3-14(15)18/h1-7,10,18H,8-9,17H2. The largest absolute Gasteiger partial charge is 0.504 e. The van der Waals surface area contributed by atoms with Gasteiger partial charge in [-0.1, -0.05) is 24.3 Å². The Kier molecular flexibility index (Phi) is 3.64. The predicted octanol–water partition coefficient (Wildman–Crippen LogP) is 2.06. The summed E-state index contributed by atoms with van der Waals surface area (Å²) in [5.41, 5.74) is 7.49. The van der Waals surface area contributed by atoms with E-state index >= 15 is 0 Å². The summed E-state index contributed by atoms with van der Waals surface area (Å²) < 4.78 is 29.9. The van der Waals surface area contributed by atoms with Gasteiger partial charge in [0, 0.05) is 23.1 Å². The smallest absolute Gasteiger partial charge is 0.200 e. The summed E-state index contributed by atoms with van der Waals surface area (Å²) in [7, 11) is -3.46. The Bertz CT molecular complexity index is 856. The van der Waals surface area contributed by atoms with Gasteiger partial charge in [0.15, 0.2) is 11.5 Å². The molecule has 0 unspecified atom stereocenters. The minimum absolute atomic E-state index is 0.0163.